The van der Waals surface area contributed by atoms with Crippen LogP contribution in [0.4, 0.5) is 10.1 Å². The van der Waals surface area contributed by atoms with Crippen molar-refractivity contribution in [1.29, 1.82) is 0 Å². The van der Waals surface area contributed by atoms with Crippen molar-refractivity contribution in [3.63, 3.8) is 0 Å². The minimum atomic E-state index is -0.460. The first-order chi connectivity index (χ1) is 10.1. The lowest BCUT2D eigenvalue weighted by Crippen LogP contribution is -2.02. The van der Waals surface area contributed by atoms with Crippen LogP contribution in [-0.4, -0.2) is 10.2 Å². The Kier molecular flexibility index (Phi) is 3.66. The molecule has 108 valence electrons. The van der Waals surface area contributed by atoms with Crippen LogP contribution in [0, 0.1) is 12.7 Å². The van der Waals surface area contributed by atoms with Gasteiger partial charge in [0.15, 0.2) is 11.6 Å². The number of nitrogens with one attached hydrogen (secondary N) is 2. The number of halogens is 2. The highest BCUT2D eigenvalue weighted by atomic mass is 35.5. The van der Waals surface area contributed by atoms with E-state index < -0.39 is 5.82 Å². The number of furan rings is 1. The molecule has 4 nitrogen and oxygen atoms in total. The maximum absolute atomic E-state index is 13.8. The molecule has 0 atom stereocenters. The van der Waals surface area contributed by atoms with E-state index in [0.717, 1.165) is 17.0 Å². The Balaban J connectivity index is 1.80. The van der Waals surface area contributed by atoms with Crippen molar-refractivity contribution in [2.45, 2.75) is 13.5 Å². The minimum absolute atomic E-state index is 0.0917. The Bertz CT molecular complexity index is 766. The third kappa shape index (κ3) is 2.78. The third-order valence-electron chi connectivity index (χ3n) is 3.13. The number of benzene rings is 1. The molecule has 21 heavy (non-hydrogen) atoms. The molecule has 0 aliphatic rings. The van der Waals surface area contributed by atoms with Crippen molar-refractivity contribution < 1.29 is 8.81 Å². The zero-order valence-electron chi connectivity index (χ0n) is 11.3. The lowest BCUT2D eigenvalue weighted by Gasteiger charge is -2.08. The van der Waals surface area contributed by atoms with Crippen molar-refractivity contribution in [3.8, 4) is 11.5 Å². The van der Waals surface area contributed by atoms with Crippen molar-refractivity contribution >= 4 is 17.3 Å². The van der Waals surface area contributed by atoms with Crippen LogP contribution in [-0.2, 0) is 6.54 Å². The summed E-state index contributed by atoms with van der Waals surface area (Å²) in [5.74, 6) is 1.06. The molecule has 0 amide bonds. The van der Waals surface area contributed by atoms with E-state index in [1.807, 2.05) is 19.1 Å². The van der Waals surface area contributed by atoms with E-state index in [2.05, 4.69) is 15.5 Å². The normalized spacial score (nSPS) is 10.8. The zero-order valence-corrected chi connectivity index (χ0v) is 12.0. The van der Waals surface area contributed by atoms with Gasteiger partial charge in [-0.05, 0) is 31.2 Å². The van der Waals surface area contributed by atoms with Gasteiger partial charge in [0.2, 0.25) is 0 Å². The minimum Gasteiger partial charge on any atom is -0.460 e. The maximum atomic E-state index is 13.8. The third-order valence-corrected chi connectivity index (χ3v) is 3.42. The van der Waals surface area contributed by atoms with Gasteiger partial charge in [-0.2, -0.15) is 5.10 Å². The zero-order chi connectivity index (χ0) is 14.8. The molecule has 0 spiro atoms. The highest BCUT2D eigenvalue weighted by molar-refractivity contribution is 6.31. The number of aromatic nitrogens is 2. The molecule has 0 aliphatic heterocycles. The average molecular weight is 306 g/mol. The average Bonchev–Trinajstić information content (AvgIpc) is 3.09. The Morgan fingerprint density at radius 2 is 2.19 bits per heavy atom. The summed E-state index contributed by atoms with van der Waals surface area (Å²) in [7, 11) is 0. The SMILES string of the molecule is Cc1ccc(-c2[nH]ncc2CNc2cccc(Cl)c2F)o1. The number of anilines is 1. The summed E-state index contributed by atoms with van der Waals surface area (Å²) in [6.07, 6.45) is 1.68. The van der Waals surface area contributed by atoms with E-state index in [9.17, 15) is 4.39 Å². The molecule has 0 bridgehead atoms. The maximum Gasteiger partial charge on any atom is 0.164 e. The number of rotatable bonds is 4. The molecular weight excluding hydrogens is 293 g/mol. The number of hydrogen-bond donors (Lipinski definition) is 2. The van der Waals surface area contributed by atoms with Gasteiger partial charge >= 0.3 is 0 Å². The van der Waals surface area contributed by atoms with Crippen LogP contribution >= 0.6 is 11.6 Å². The molecule has 2 N–H and O–H groups in total. The van der Waals surface area contributed by atoms with Gasteiger partial charge in [0.1, 0.15) is 11.5 Å². The second-order valence-electron chi connectivity index (χ2n) is 4.64. The summed E-state index contributed by atoms with van der Waals surface area (Å²) in [5.41, 5.74) is 2.01. The molecule has 3 rings (SSSR count). The van der Waals surface area contributed by atoms with Crippen LogP contribution in [0.2, 0.25) is 5.02 Å². The summed E-state index contributed by atoms with van der Waals surface area (Å²) in [4.78, 5) is 0. The molecule has 0 radical (unpaired) electrons. The predicted octanol–water partition coefficient (Wildman–Crippen LogP) is 4.38. The fraction of sp³-hybridized carbons (Fsp3) is 0.133. The quantitative estimate of drug-likeness (QED) is 0.752. The first-order valence-electron chi connectivity index (χ1n) is 6.42. The Labute approximate surface area is 125 Å². The van der Waals surface area contributed by atoms with Crippen LogP contribution in [0.25, 0.3) is 11.5 Å². The molecule has 2 heterocycles. The van der Waals surface area contributed by atoms with Gasteiger partial charge in [-0.3, -0.25) is 5.10 Å². The van der Waals surface area contributed by atoms with Gasteiger partial charge in [0, 0.05) is 12.1 Å². The molecule has 3 aromatic rings. The highest BCUT2D eigenvalue weighted by Crippen LogP contribution is 2.26. The van der Waals surface area contributed by atoms with E-state index >= 15 is 0 Å². The van der Waals surface area contributed by atoms with Crippen molar-refractivity contribution in [3.05, 3.63) is 58.7 Å². The van der Waals surface area contributed by atoms with Gasteiger partial charge in [-0.1, -0.05) is 17.7 Å². The standard InChI is InChI=1S/C15H13ClFN3O/c1-9-5-6-13(21-9)15-10(8-19-20-15)7-18-12-4-2-3-11(16)14(12)17/h2-6,8,18H,7H2,1H3,(H,19,20). The summed E-state index contributed by atoms with van der Waals surface area (Å²) in [6, 6.07) is 8.59. The van der Waals surface area contributed by atoms with Gasteiger partial charge in [-0.25, -0.2) is 4.39 Å². The van der Waals surface area contributed by atoms with E-state index in [1.165, 1.54) is 6.07 Å². The molecule has 0 saturated carbocycles. The molecule has 0 fully saturated rings. The number of aromatic amines is 1. The molecular formula is C15H13ClFN3O. The first kappa shape index (κ1) is 13.7. The van der Waals surface area contributed by atoms with Gasteiger partial charge < -0.3 is 9.73 Å². The molecule has 0 unspecified atom stereocenters. The van der Waals surface area contributed by atoms with Crippen LogP contribution in [0.3, 0.4) is 0 Å². The molecule has 2 aromatic heterocycles. The topological polar surface area (TPSA) is 53.9 Å². The number of aryl methyl sites for hydroxylation is 1. The van der Waals surface area contributed by atoms with Gasteiger partial charge in [-0.15, -0.1) is 0 Å². The summed E-state index contributed by atoms with van der Waals surface area (Å²) in [5, 5.41) is 10.0. The fourth-order valence-electron chi connectivity index (χ4n) is 2.06. The molecule has 6 heteroatoms. The van der Waals surface area contributed by atoms with Gasteiger partial charge in [0.05, 0.1) is 16.9 Å². The van der Waals surface area contributed by atoms with Crippen molar-refractivity contribution in [2.75, 3.05) is 5.32 Å². The summed E-state index contributed by atoms with van der Waals surface area (Å²) < 4.78 is 19.4. The number of nitrogens with zero attached hydrogens (tertiary/aromatic N) is 1. The second kappa shape index (κ2) is 5.61. The Hall–Kier alpha value is -2.27. The van der Waals surface area contributed by atoms with E-state index in [0.29, 0.717) is 18.0 Å². The highest BCUT2D eigenvalue weighted by Gasteiger charge is 2.12. The van der Waals surface area contributed by atoms with Crippen LogP contribution in [0.5, 0.6) is 0 Å². The number of H-pyrrole nitrogens is 1. The van der Waals surface area contributed by atoms with Crippen molar-refractivity contribution in [1.82, 2.24) is 10.2 Å². The lowest BCUT2D eigenvalue weighted by atomic mass is 10.2. The van der Waals surface area contributed by atoms with Crippen LogP contribution in [0.15, 0.2) is 40.9 Å². The van der Waals surface area contributed by atoms with Gasteiger partial charge in [0.25, 0.3) is 0 Å². The van der Waals surface area contributed by atoms with E-state index in [-0.39, 0.29) is 5.02 Å². The smallest absolute Gasteiger partial charge is 0.164 e. The van der Waals surface area contributed by atoms with Crippen LogP contribution < -0.4 is 5.32 Å². The Morgan fingerprint density at radius 3 is 2.95 bits per heavy atom. The van der Waals surface area contributed by atoms with E-state index in [1.54, 1.807) is 18.3 Å². The van der Waals surface area contributed by atoms with Crippen LogP contribution in [0.1, 0.15) is 11.3 Å². The molecule has 0 saturated heterocycles. The van der Waals surface area contributed by atoms with E-state index in [4.69, 9.17) is 16.0 Å². The fourth-order valence-corrected chi connectivity index (χ4v) is 2.23. The monoisotopic (exact) mass is 305 g/mol. The predicted molar refractivity (Wildman–Crippen MR) is 79.8 cm³/mol. The lowest BCUT2D eigenvalue weighted by molar-refractivity contribution is 0.545. The Morgan fingerprint density at radius 1 is 1.33 bits per heavy atom. The first-order valence-corrected chi connectivity index (χ1v) is 6.80. The largest absolute Gasteiger partial charge is 0.460 e. The molecule has 0 aliphatic carbocycles. The summed E-state index contributed by atoms with van der Waals surface area (Å²) in [6.45, 7) is 2.28. The molecule has 1 aromatic carbocycles. The van der Waals surface area contributed by atoms with Crippen molar-refractivity contribution in [2.24, 2.45) is 0 Å². The number of hydrogen-bond acceptors (Lipinski definition) is 3. The second-order valence-corrected chi connectivity index (χ2v) is 5.04. The summed E-state index contributed by atoms with van der Waals surface area (Å²) >= 11 is 5.76.